The van der Waals surface area contributed by atoms with Crippen molar-refractivity contribution in [3.8, 4) is 17.2 Å². The number of carbonyl (C=O) groups excluding carboxylic acids is 2. The molecular formula is C23H25N3O5. The molecule has 0 saturated heterocycles. The second-order valence-electron chi connectivity index (χ2n) is 6.65. The van der Waals surface area contributed by atoms with E-state index >= 15 is 0 Å². The molecule has 162 valence electrons. The molecule has 0 aliphatic heterocycles. The van der Waals surface area contributed by atoms with Crippen LogP contribution in [0.15, 0.2) is 60.8 Å². The minimum atomic E-state index is -0.612. The van der Waals surface area contributed by atoms with E-state index in [1.165, 1.54) is 4.68 Å². The lowest BCUT2D eigenvalue weighted by atomic mass is 10.2. The van der Waals surface area contributed by atoms with Crippen molar-refractivity contribution < 1.29 is 23.8 Å². The number of rotatable bonds is 10. The highest BCUT2D eigenvalue weighted by Gasteiger charge is 2.21. The normalized spacial score (nSPS) is 10.4. The molecule has 0 radical (unpaired) electrons. The molecule has 0 aliphatic carbocycles. The van der Waals surface area contributed by atoms with Crippen LogP contribution < -0.4 is 14.8 Å². The number of carbonyl (C=O) groups is 2. The van der Waals surface area contributed by atoms with Crippen molar-refractivity contribution in [2.45, 2.75) is 13.8 Å². The SMILES string of the molecule is CCOC(=O)c1nn(-c2ccccc2)cc1OCC(=O)NCCOc1cccc(C)c1. The standard InChI is InChI=1S/C23H25N3O5/c1-3-29-23(28)22-20(15-26(25-22)18-9-5-4-6-10-18)31-16-21(27)24-12-13-30-19-11-7-8-17(2)14-19/h4-11,14-15H,3,12-13,16H2,1-2H3,(H,24,27). The Bertz CT molecular complexity index is 1020. The van der Waals surface area contributed by atoms with Crippen LogP contribution in [0.5, 0.6) is 11.5 Å². The van der Waals surface area contributed by atoms with E-state index in [4.69, 9.17) is 14.2 Å². The minimum Gasteiger partial charge on any atom is -0.492 e. The zero-order chi connectivity index (χ0) is 22.1. The first kappa shape index (κ1) is 21.9. The lowest BCUT2D eigenvalue weighted by Crippen LogP contribution is -2.32. The topological polar surface area (TPSA) is 91.7 Å². The summed E-state index contributed by atoms with van der Waals surface area (Å²) in [5, 5.41) is 6.98. The summed E-state index contributed by atoms with van der Waals surface area (Å²) in [6.07, 6.45) is 1.55. The zero-order valence-electron chi connectivity index (χ0n) is 17.5. The molecule has 2 aromatic carbocycles. The van der Waals surface area contributed by atoms with Gasteiger partial charge in [-0.3, -0.25) is 4.79 Å². The number of benzene rings is 2. The first-order chi connectivity index (χ1) is 15.1. The number of hydrogen-bond acceptors (Lipinski definition) is 6. The minimum absolute atomic E-state index is 0.0151. The average molecular weight is 423 g/mol. The van der Waals surface area contributed by atoms with E-state index in [1.54, 1.807) is 13.1 Å². The van der Waals surface area contributed by atoms with E-state index < -0.39 is 5.97 Å². The number of aryl methyl sites for hydroxylation is 1. The number of nitrogens with zero attached hydrogens (tertiary/aromatic N) is 2. The van der Waals surface area contributed by atoms with Gasteiger partial charge in [-0.1, -0.05) is 30.3 Å². The Morgan fingerprint density at radius 2 is 1.87 bits per heavy atom. The van der Waals surface area contributed by atoms with Crippen LogP contribution in [0.3, 0.4) is 0 Å². The van der Waals surface area contributed by atoms with Gasteiger partial charge in [-0.15, -0.1) is 0 Å². The van der Waals surface area contributed by atoms with Gasteiger partial charge in [-0.2, -0.15) is 5.10 Å². The van der Waals surface area contributed by atoms with Crippen molar-refractivity contribution in [2.24, 2.45) is 0 Å². The van der Waals surface area contributed by atoms with Crippen LogP contribution >= 0.6 is 0 Å². The second kappa shape index (κ2) is 10.8. The van der Waals surface area contributed by atoms with Gasteiger partial charge in [0.2, 0.25) is 5.69 Å². The molecule has 0 aliphatic rings. The Morgan fingerprint density at radius 3 is 2.61 bits per heavy atom. The number of aromatic nitrogens is 2. The maximum Gasteiger partial charge on any atom is 0.362 e. The predicted octanol–water partition coefficient (Wildman–Crippen LogP) is 2.93. The first-order valence-corrected chi connectivity index (χ1v) is 9.98. The highest BCUT2D eigenvalue weighted by atomic mass is 16.5. The van der Waals surface area contributed by atoms with Crippen LogP contribution in [0.1, 0.15) is 23.0 Å². The van der Waals surface area contributed by atoms with Crippen LogP contribution in [0.25, 0.3) is 5.69 Å². The van der Waals surface area contributed by atoms with E-state index in [0.29, 0.717) is 13.2 Å². The Labute approximate surface area is 180 Å². The van der Waals surface area contributed by atoms with Crippen LogP contribution in [0.2, 0.25) is 0 Å². The van der Waals surface area contributed by atoms with Crippen molar-refractivity contribution in [1.29, 1.82) is 0 Å². The van der Waals surface area contributed by atoms with Crippen molar-refractivity contribution in [3.63, 3.8) is 0 Å². The smallest absolute Gasteiger partial charge is 0.362 e. The fourth-order valence-corrected chi connectivity index (χ4v) is 2.78. The quantitative estimate of drug-likeness (QED) is 0.398. The molecule has 1 amide bonds. The first-order valence-electron chi connectivity index (χ1n) is 9.98. The summed E-state index contributed by atoms with van der Waals surface area (Å²) in [5.74, 6) is -0.0272. The maximum absolute atomic E-state index is 12.2. The summed E-state index contributed by atoms with van der Waals surface area (Å²) < 4.78 is 17.7. The van der Waals surface area contributed by atoms with Crippen LogP contribution in [0.4, 0.5) is 0 Å². The van der Waals surface area contributed by atoms with E-state index in [2.05, 4.69) is 10.4 Å². The second-order valence-corrected chi connectivity index (χ2v) is 6.65. The van der Waals surface area contributed by atoms with E-state index in [1.807, 2.05) is 61.5 Å². The third-order valence-electron chi connectivity index (χ3n) is 4.21. The van der Waals surface area contributed by atoms with Gasteiger partial charge in [0.15, 0.2) is 12.4 Å². The number of para-hydroxylation sites is 1. The summed E-state index contributed by atoms with van der Waals surface area (Å²) >= 11 is 0. The summed E-state index contributed by atoms with van der Waals surface area (Å²) in [5.41, 5.74) is 1.87. The highest BCUT2D eigenvalue weighted by Crippen LogP contribution is 2.21. The molecule has 0 bridgehead atoms. The van der Waals surface area contributed by atoms with Crippen LogP contribution in [0, 0.1) is 6.92 Å². The Hall–Kier alpha value is -3.81. The lowest BCUT2D eigenvalue weighted by molar-refractivity contribution is -0.123. The molecule has 0 atom stereocenters. The van der Waals surface area contributed by atoms with Gasteiger partial charge in [0.1, 0.15) is 12.4 Å². The van der Waals surface area contributed by atoms with Gasteiger partial charge in [0.25, 0.3) is 5.91 Å². The molecule has 31 heavy (non-hydrogen) atoms. The van der Waals surface area contributed by atoms with E-state index in [-0.39, 0.29) is 30.6 Å². The Kier molecular flexibility index (Phi) is 7.64. The third-order valence-corrected chi connectivity index (χ3v) is 4.21. The molecule has 8 heteroatoms. The van der Waals surface area contributed by atoms with Gasteiger partial charge in [0.05, 0.1) is 25.0 Å². The molecule has 1 N–H and O–H groups in total. The van der Waals surface area contributed by atoms with Gasteiger partial charge < -0.3 is 19.5 Å². The predicted molar refractivity (Wildman–Crippen MR) is 115 cm³/mol. The number of esters is 1. The summed E-state index contributed by atoms with van der Waals surface area (Å²) in [6.45, 7) is 4.28. The summed E-state index contributed by atoms with van der Waals surface area (Å²) in [4.78, 5) is 24.4. The summed E-state index contributed by atoms with van der Waals surface area (Å²) in [6, 6.07) is 16.9. The van der Waals surface area contributed by atoms with Crippen molar-refractivity contribution >= 4 is 11.9 Å². The maximum atomic E-state index is 12.2. The molecule has 1 aromatic heterocycles. The highest BCUT2D eigenvalue weighted by molar-refractivity contribution is 5.90. The number of nitrogens with one attached hydrogen (secondary N) is 1. The molecule has 0 unspecified atom stereocenters. The Morgan fingerprint density at radius 1 is 1.06 bits per heavy atom. The number of amides is 1. The fraction of sp³-hybridized carbons (Fsp3) is 0.261. The third kappa shape index (κ3) is 6.33. The van der Waals surface area contributed by atoms with E-state index in [0.717, 1.165) is 17.0 Å². The molecule has 0 saturated carbocycles. The van der Waals surface area contributed by atoms with Crippen LogP contribution in [-0.2, 0) is 9.53 Å². The van der Waals surface area contributed by atoms with Gasteiger partial charge in [-0.25, -0.2) is 9.48 Å². The largest absolute Gasteiger partial charge is 0.492 e. The molecule has 3 aromatic rings. The molecule has 1 heterocycles. The summed E-state index contributed by atoms with van der Waals surface area (Å²) in [7, 11) is 0. The number of hydrogen-bond donors (Lipinski definition) is 1. The Balaban J connectivity index is 1.55. The number of ether oxygens (including phenoxy) is 3. The molecule has 0 spiro atoms. The zero-order valence-corrected chi connectivity index (χ0v) is 17.5. The van der Waals surface area contributed by atoms with Crippen molar-refractivity contribution in [2.75, 3.05) is 26.4 Å². The van der Waals surface area contributed by atoms with Gasteiger partial charge in [-0.05, 0) is 43.7 Å². The van der Waals surface area contributed by atoms with Crippen molar-refractivity contribution in [3.05, 3.63) is 72.1 Å². The monoisotopic (exact) mass is 423 g/mol. The average Bonchev–Trinajstić information content (AvgIpc) is 3.21. The molecule has 0 fully saturated rings. The van der Waals surface area contributed by atoms with Crippen molar-refractivity contribution in [1.82, 2.24) is 15.1 Å². The fourth-order valence-electron chi connectivity index (χ4n) is 2.78. The molecule has 8 nitrogen and oxygen atoms in total. The lowest BCUT2D eigenvalue weighted by Gasteiger charge is -2.09. The van der Waals surface area contributed by atoms with Gasteiger partial charge >= 0.3 is 5.97 Å². The van der Waals surface area contributed by atoms with E-state index in [9.17, 15) is 9.59 Å². The molecule has 3 rings (SSSR count). The molecular weight excluding hydrogens is 398 g/mol. The van der Waals surface area contributed by atoms with Gasteiger partial charge in [0, 0.05) is 0 Å². The van der Waals surface area contributed by atoms with Crippen LogP contribution in [-0.4, -0.2) is 48.0 Å².